The third kappa shape index (κ3) is 3.59. The second kappa shape index (κ2) is 6.64. The van der Waals surface area contributed by atoms with Crippen molar-refractivity contribution >= 4 is 28.4 Å². The van der Waals surface area contributed by atoms with Crippen LogP contribution in [0.15, 0.2) is 36.7 Å². The Morgan fingerprint density at radius 3 is 2.78 bits per heavy atom. The predicted octanol–water partition coefficient (Wildman–Crippen LogP) is 2.32. The lowest BCUT2D eigenvalue weighted by atomic mass is 10.1. The van der Waals surface area contributed by atoms with Crippen molar-refractivity contribution in [3.63, 3.8) is 0 Å². The largest absolute Gasteiger partial charge is 0.341 e. The van der Waals surface area contributed by atoms with E-state index in [1.54, 1.807) is 19.4 Å². The van der Waals surface area contributed by atoms with Crippen LogP contribution in [0.25, 0.3) is 10.8 Å². The summed E-state index contributed by atoms with van der Waals surface area (Å²) in [4.78, 5) is 31.6. The lowest BCUT2D eigenvalue weighted by molar-refractivity contribution is -0.130. The number of pyridine rings is 1. The molecule has 1 N–H and O–H groups in total. The van der Waals surface area contributed by atoms with Gasteiger partial charge in [0.1, 0.15) is 6.54 Å². The second-order valence-electron chi connectivity index (χ2n) is 5.81. The van der Waals surface area contributed by atoms with Crippen molar-refractivity contribution in [2.75, 3.05) is 32.0 Å². The van der Waals surface area contributed by atoms with Crippen molar-refractivity contribution in [1.82, 2.24) is 14.8 Å². The molecule has 3 amide bonds. The van der Waals surface area contributed by atoms with Crippen LogP contribution < -0.4 is 5.32 Å². The summed E-state index contributed by atoms with van der Waals surface area (Å²) in [5.41, 5.74) is 0.703. The van der Waals surface area contributed by atoms with Crippen molar-refractivity contribution < 1.29 is 9.59 Å². The molecule has 1 aliphatic rings. The van der Waals surface area contributed by atoms with Gasteiger partial charge in [0.05, 0.1) is 0 Å². The van der Waals surface area contributed by atoms with Gasteiger partial charge in [-0.15, -0.1) is 0 Å². The van der Waals surface area contributed by atoms with Gasteiger partial charge < -0.3 is 15.1 Å². The summed E-state index contributed by atoms with van der Waals surface area (Å²) in [6.45, 7) is 1.70. The van der Waals surface area contributed by atoms with Crippen LogP contribution in [0.1, 0.15) is 12.8 Å². The number of hydrogen-bond acceptors (Lipinski definition) is 3. The molecule has 0 unspecified atom stereocenters. The number of rotatable bonds is 3. The van der Waals surface area contributed by atoms with Crippen LogP contribution in [0.5, 0.6) is 0 Å². The van der Waals surface area contributed by atoms with Gasteiger partial charge in [0, 0.05) is 43.6 Å². The number of nitrogens with one attached hydrogen (secondary N) is 1. The third-order valence-corrected chi connectivity index (χ3v) is 4.07. The third-order valence-electron chi connectivity index (χ3n) is 4.07. The molecule has 6 nitrogen and oxygen atoms in total. The molecule has 1 saturated heterocycles. The van der Waals surface area contributed by atoms with Crippen molar-refractivity contribution in [2.24, 2.45) is 0 Å². The fraction of sp³-hybridized carbons (Fsp3) is 0.353. The number of urea groups is 1. The smallest absolute Gasteiger partial charge is 0.322 e. The maximum absolute atomic E-state index is 12.2. The molecule has 6 heteroatoms. The van der Waals surface area contributed by atoms with E-state index < -0.39 is 0 Å². The first-order chi connectivity index (χ1) is 11.1. The molecular formula is C17H20N4O2. The highest BCUT2D eigenvalue weighted by molar-refractivity contribution is 5.94. The van der Waals surface area contributed by atoms with Crippen LogP contribution in [-0.4, -0.2) is 53.4 Å². The Hall–Kier alpha value is -2.63. The van der Waals surface area contributed by atoms with Crippen LogP contribution in [0.2, 0.25) is 0 Å². The summed E-state index contributed by atoms with van der Waals surface area (Å²) in [5.74, 6) is 0.00439. The first kappa shape index (κ1) is 15.3. The zero-order chi connectivity index (χ0) is 16.2. The number of carbonyl (C=O) groups is 2. The summed E-state index contributed by atoms with van der Waals surface area (Å²) in [6, 6.07) is 7.24. The van der Waals surface area contributed by atoms with Gasteiger partial charge in [-0.3, -0.25) is 9.78 Å². The van der Waals surface area contributed by atoms with Crippen LogP contribution >= 0.6 is 0 Å². The number of carbonyl (C=O) groups excluding carboxylic acids is 2. The van der Waals surface area contributed by atoms with Gasteiger partial charge in [0.2, 0.25) is 5.91 Å². The summed E-state index contributed by atoms with van der Waals surface area (Å²) in [5, 5.41) is 4.85. The Kier molecular flexibility index (Phi) is 4.41. The average molecular weight is 312 g/mol. The molecule has 1 aromatic heterocycles. The molecule has 0 bridgehead atoms. The number of amides is 3. The maximum Gasteiger partial charge on any atom is 0.322 e. The number of benzene rings is 1. The number of anilines is 1. The Bertz CT molecular complexity index is 725. The first-order valence-corrected chi connectivity index (χ1v) is 7.77. The first-order valence-electron chi connectivity index (χ1n) is 7.77. The van der Waals surface area contributed by atoms with Crippen molar-refractivity contribution in [3.8, 4) is 0 Å². The Morgan fingerprint density at radius 1 is 1.22 bits per heavy atom. The quantitative estimate of drug-likeness (QED) is 0.946. The van der Waals surface area contributed by atoms with Crippen LogP contribution in [0, 0.1) is 0 Å². The SMILES string of the molecule is CN(CC(=O)N1CCCC1)C(=O)Nc1ccc2cnccc2c1. The van der Waals surface area contributed by atoms with Crippen molar-refractivity contribution in [2.45, 2.75) is 12.8 Å². The number of hydrogen-bond donors (Lipinski definition) is 1. The fourth-order valence-corrected chi connectivity index (χ4v) is 2.72. The monoisotopic (exact) mass is 312 g/mol. The highest BCUT2D eigenvalue weighted by Gasteiger charge is 2.21. The molecule has 1 fully saturated rings. The van der Waals surface area contributed by atoms with E-state index in [1.165, 1.54) is 4.90 Å². The van der Waals surface area contributed by atoms with Gasteiger partial charge in [-0.25, -0.2) is 4.79 Å². The minimum atomic E-state index is -0.286. The zero-order valence-corrected chi connectivity index (χ0v) is 13.2. The molecule has 2 heterocycles. The van der Waals surface area contributed by atoms with E-state index in [1.807, 2.05) is 29.2 Å². The highest BCUT2D eigenvalue weighted by Crippen LogP contribution is 2.18. The summed E-state index contributed by atoms with van der Waals surface area (Å²) < 4.78 is 0. The summed E-state index contributed by atoms with van der Waals surface area (Å²) in [6.07, 6.45) is 5.59. The van der Waals surface area contributed by atoms with E-state index in [4.69, 9.17) is 0 Å². The Balaban J connectivity index is 1.61. The zero-order valence-electron chi connectivity index (χ0n) is 13.2. The van der Waals surface area contributed by atoms with Crippen molar-refractivity contribution in [3.05, 3.63) is 36.7 Å². The maximum atomic E-state index is 12.2. The number of nitrogens with zero attached hydrogens (tertiary/aromatic N) is 3. The molecule has 120 valence electrons. The molecule has 0 spiro atoms. The molecule has 1 aliphatic heterocycles. The van der Waals surface area contributed by atoms with Crippen molar-refractivity contribution in [1.29, 1.82) is 0 Å². The molecule has 23 heavy (non-hydrogen) atoms. The Morgan fingerprint density at radius 2 is 2.00 bits per heavy atom. The van der Waals surface area contributed by atoms with E-state index >= 15 is 0 Å². The number of likely N-dealkylation sites (tertiary alicyclic amines) is 1. The van der Waals surface area contributed by atoms with Crippen LogP contribution in [0.3, 0.4) is 0 Å². The molecule has 3 rings (SSSR count). The lowest BCUT2D eigenvalue weighted by Gasteiger charge is -2.21. The molecule has 1 aromatic carbocycles. The lowest BCUT2D eigenvalue weighted by Crippen LogP contribution is -2.41. The standard InChI is InChI=1S/C17H20N4O2/c1-20(12-16(22)21-8-2-3-9-21)17(23)19-15-5-4-14-11-18-7-6-13(14)10-15/h4-7,10-11H,2-3,8-9,12H2,1H3,(H,19,23). The molecule has 0 aliphatic carbocycles. The molecule has 0 saturated carbocycles. The highest BCUT2D eigenvalue weighted by atomic mass is 16.2. The topological polar surface area (TPSA) is 65.5 Å². The fourth-order valence-electron chi connectivity index (χ4n) is 2.72. The minimum absolute atomic E-state index is 0.00439. The van der Waals surface area contributed by atoms with E-state index in [2.05, 4.69) is 10.3 Å². The van der Waals surface area contributed by atoms with E-state index in [9.17, 15) is 9.59 Å². The number of aromatic nitrogens is 1. The van der Waals surface area contributed by atoms with Gasteiger partial charge in [-0.05, 0) is 36.4 Å². The van der Waals surface area contributed by atoms with Gasteiger partial charge in [-0.1, -0.05) is 6.07 Å². The van der Waals surface area contributed by atoms with Gasteiger partial charge >= 0.3 is 6.03 Å². The average Bonchev–Trinajstić information content (AvgIpc) is 3.09. The van der Waals surface area contributed by atoms with Crippen LogP contribution in [0.4, 0.5) is 10.5 Å². The molecule has 2 aromatic rings. The molecule has 0 atom stereocenters. The van der Waals surface area contributed by atoms with E-state index in [0.717, 1.165) is 36.7 Å². The van der Waals surface area contributed by atoms with Gasteiger partial charge in [0.15, 0.2) is 0 Å². The summed E-state index contributed by atoms with van der Waals surface area (Å²) in [7, 11) is 1.63. The van der Waals surface area contributed by atoms with Crippen LogP contribution in [-0.2, 0) is 4.79 Å². The molecular weight excluding hydrogens is 292 g/mol. The molecule has 0 radical (unpaired) electrons. The normalized spacial score (nSPS) is 14.0. The van der Waals surface area contributed by atoms with Gasteiger partial charge in [0.25, 0.3) is 0 Å². The van der Waals surface area contributed by atoms with Gasteiger partial charge in [-0.2, -0.15) is 0 Å². The van der Waals surface area contributed by atoms with E-state index in [0.29, 0.717) is 5.69 Å². The predicted molar refractivity (Wildman–Crippen MR) is 89.2 cm³/mol. The number of likely N-dealkylation sites (N-methyl/N-ethyl adjacent to an activating group) is 1. The second-order valence-corrected chi connectivity index (χ2v) is 5.81. The number of fused-ring (bicyclic) bond motifs is 1. The summed E-state index contributed by atoms with van der Waals surface area (Å²) >= 11 is 0. The minimum Gasteiger partial charge on any atom is -0.341 e. The van der Waals surface area contributed by atoms with E-state index in [-0.39, 0.29) is 18.5 Å². The Labute approximate surface area is 135 Å².